The quantitative estimate of drug-likeness (QED) is 0.558. The molecule has 0 aromatic heterocycles. The molecule has 2 atom stereocenters. The summed E-state index contributed by atoms with van der Waals surface area (Å²) in [4.78, 5) is 0. The van der Waals surface area contributed by atoms with Crippen LogP contribution in [0.5, 0.6) is 0 Å². The zero-order chi connectivity index (χ0) is 17.7. The molecule has 0 saturated heterocycles. The van der Waals surface area contributed by atoms with E-state index in [-0.39, 0.29) is 0 Å². The Labute approximate surface area is 159 Å². The molecule has 2 unspecified atom stereocenters. The van der Waals surface area contributed by atoms with Gasteiger partial charge in [0.05, 0.1) is 0 Å². The van der Waals surface area contributed by atoms with Gasteiger partial charge in [0.15, 0.2) is 0 Å². The van der Waals surface area contributed by atoms with Gasteiger partial charge in [0.25, 0.3) is 0 Å². The molecule has 1 heteroatoms. The van der Waals surface area contributed by atoms with E-state index in [1.165, 1.54) is 33.4 Å². The second kappa shape index (κ2) is 6.44. The number of rotatable bonds is 2. The van der Waals surface area contributed by atoms with Crippen LogP contribution in [0.1, 0.15) is 58.7 Å². The number of benzene rings is 2. The summed E-state index contributed by atoms with van der Waals surface area (Å²) in [6.45, 7) is 11.4. The normalized spacial score (nSPS) is 19.9. The summed E-state index contributed by atoms with van der Waals surface area (Å²) in [5, 5.41) is 0. The Bertz CT molecular complexity index is 881. The Balaban J connectivity index is 1.83. The molecule has 4 rings (SSSR count). The average molecular weight is 406 g/mol. The molecule has 0 saturated carbocycles. The first-order valence-electron chi connectivity index (χ1n) is 9.25. The topological polar surface area (TPSA) is 0 Å². The van der Waals surface area contributed by atoms with E-state index in [1.807, 2.05) is 0 Å². The Morgan fingerprint density at radius 1 is 0.680 bits per heavy atom. The fourth-order valence-corrected chi connectivity index (χ4v) is 12.5. The fourth-order valence-electron chi connectivity index (χ4n) is 4.66. The Kier molecular flexibility index (Phi) is 4.40. The van der Waals surface area contributed by atoms with Crippen LogP contribution in [0.15, 0.2) is 36.4 Å². The molecule has 0 bridgehead atoms. The summed E-state index contributed by atoms with van der Waals surface area (Å²) in [5.41, 5.74) is 12.0. The van der Waals surface area contributed by atoms with Crippen molar-refractivity contribution in [3.63, 3.8) is 0 Å². The summed E-state index contributed by atoms with van der Waals surface area (Å²) < 4.78 is 3.96. The van der Waals surface area contributed by atoms with E-state index in [1.54, 1.807) is 11.1 Å². The minimum absolute atomic E-state index is 0.669. The molecule has 0 nitrogen and oxygen atoms in total. The number of fused-ring (bicyclic) bond motifs is 2. The minimum atomic E-state index is -1.89. The third kappa shape index (κ3) is 2.63. The van der Waals surface area contributed by atoms with Gasteiger partial charge >= 0.3 is 160 Å². The third-order valence-corrected chi connectivity index (χ3v) is 13.6. The van der Waals surface area contributed by atoms with Gasteiger partial charge in [-0.15, -0.1) is 0 Å². The Morgan fingerprint density at radius 3 is 1.48 bits per heavy atom. The second-order valence-electron chi connectivity index (χ2n) is 7.52. The molecule has 0 N–H and O–H groups in total. The number of hydrogen-bond donors (Lipinski definition) is 0. The first-order chi connectivity index (χ1) is 12.0. The van der Waals surface area contributed by atoms with Crippen molar-refractivity contribution < 1.29 is 21.3 Å². The van der Waals surface area contributed by atoms with E-state index in [0.717, 1.165) is 0 Å². The van der Waals surface area contributed by atoms with Crippen molar-refractivity contribution in [1.82, 2.24) is 0 Å². The van der Waals surface area contributed by atoms with Crippen LogP contribution in [0, 0.1) is 27.7 Å². The van der Waals surface area contributed by atoms with Gasteiger partial charge in [-0.3, -0.25) is 0 Å². The second-order valence-corrected chi connectivity index (χ2v) is 14.5. The van der Waals surface area contributed by atoms with Crippen molar-refractivity contribution >= 4 is 15.9 Å². The maximum absolute atomic E-state index is 2.62. The van der Waals surface area contributed by atoms with Crippen LogP contribution >= 0.6 is 0 Å². The summed E-state index contributed by atoms with van der Waals surface area (Å²) in [7, 11) is 0. The molecule has 126 valence electrons. The number of hydrogen-bond acceptors (Lipinski definition) is 0. The van der Waals surface area contributed by atoms with E-state index in [0.29, 0.717) is 7.25 Å². The molecule has 0 fully saturated rings. The van der Waals surface area contributed by atoms with E-state index in [4.69, 9.17) is 0 Å². The first-order valence-corrected chi connectivity index (χ1v) is 13.5. The van der Waals surface area contributed by atoms with Crippen molar-refractivity contribution in [2.24, 2.45) is 0 Å². The molecule has 0 spiro atoms. The molecule has 2 aromatic rings. The molecule has 0 amide bonds. The van der Waals surface area contributed by atoms with E-state index in [2.05, 4.69) is 86.9 Å². The van der Waals surface area contributed by atoms with Crippen LogP contribution in [0.25, 0.3) is 12.2 Å². The predicted octanol–water partition coefficient (Wildman–Crippen LogP) is 6.20. The van der Waals surface area contributed by atoms with E-state index in [9.17, 15) is 0 Å². The molecule has 2 aliphatic carbocycles. The van der Waals surface area contributed by atoms with Crippen LogP contribution in [-0.2, 0) is 21.3 Å². The van der Waals surface area contributed by atoms with Crippen LogP contribution in [0.2, 0.25) is 0 Å². The predicted molar refractivity (Wildman–Crippen MR) is 107 cm³/mol. The van der Waals surface area contributed by atoms with Crippen LogP contribution in [0.4, 0.5) is 0 Å². The van der Waals surface area contributed by atoms with E-state index < -0.39 is 21.3 Å². The van der Waals surface area contributed by atoms with Crippen molar-refractivity contribution in [3.05, 3.63) is 80.9 Å². The van der Waals surface area contributed by atoms with Crippen molar-refractivity contribution in [2.45, 2.75) is 41.9 Å². The van der Waals surface area contributed by atoms with Gasteiger partial charge in [0, 0.05) is 0 Å². The zero-order valence-electron chi connectivity index (χ0n) is 15.9. The number of aryl methyl sites for hydroxylation is 4. The van der Waals surface area contributed by atoms with Gasteiger partial charge in [0.1, 0.15) is 0 Å². The number of allylic oxidation sites excluding steroid dienone is 2. The molecular weight excluding hydrogens is 379 g/mol. The standard InChI is InChI=1S/2C11H11.C2H4.Zr/c2*1-8-6-7-9(2)11-5-3-4-10(8)11;1-2;/h2*3-7H,1-2H3;1H,2H3;. The molecule has 2 aliphatic rings. The van der Waals surface area contributed by atoms with E-state index >= 15 is 0 Å². The van der Waals surface area contributed by atoms with Crippen molar-refractivity contribution in [2.75, 3.05) is 0 Å². The molecule has 25 heavy (non-hydrogen) atoms. The van der Waals surface area contributed by atoms with Gasteiger partial charge in [-0.1, -0.05) is 0 Å². The average Bonchev–Trinajstić information content (AvgIpc) is 3.22. The molecular formula is C24H26Zr. The third-order valence-electron chi connectivity index (χ3n) is 6.03. The van der Waals surface area contributed by atoms with Gasteiger partial charge in [-0.05, 0) is 0 Å². The van der Waals surface area contributed by atoms with Gasteiger partial charge < -0.3 is 0 Å². The van der Waals surface area contributed by atoms with Gasteiger partial charge in [0.2, 0.25) is 0 Å². The van der Waals surface area contributed by atoms with Gasteiger partial charge in [-0.2, -0.15) is 0 Å². The molecule has 0 heterocycles. The van der Waals surface area contributed by atoms with Crippen LogP contribution < -0.4 is 0 Å². The fraction of sp³-hybridized carbons (Fsp3) is 0.292. The molecule has 2 aromatic carbocycles. The summed E-state index contributed by atoms with van der Waals surface area (Å²) in [6, 6.07) is 9.19. The monoisotopic (exact) mass is 404 g/mol. The SMILES string of the molecule is C[CH]=[Zr]([CH]1C=Cc2c(C)ccc(C)c21)[CH]1C=Cc2c(C)ccc(C)c21. The summed E-state index contributed by atoms with van der Waals surface area (Å²) in [5.74, 6) is 0. The summed E-state index contributed by atoms with van der Waals surface area (Å²) >= 11 is -1.89. The summed E-state index contributed by atoms with van der Waals surface area (Å²) in [6.07, 6.45) is 9.84. The van der Waals surface area contributed by atoms with Crippen LogP contribution in [-0.4, -0.2) is 3.71 Å². The maximum atomic E-state index is 2.62. The Morgan fingerprint density at radius 2 is 1.08 bits per heavy atom. The molecule has 0 aliphatic heterocycles. The van der Waals surface area contributed by atoms with Crippen LogP contribution in [0.3, 0.4) is 0 Å². The Hall–Kier alpha value is -1.33. The molecule has 0 radical (unpaired) electrons. The van der Waals surface area contributed by atoms with Gasteiger partial charge in [-0.25, -0.2) is 0 Å². The zero-order valence-corrected chi connectivity index (χ0v) is 18.3. The van der Waals surface area contributed by atoms with Crippen molar-refractivity contribution in [3.8, 4) is 0 Å². The van der Waals surface area contributed by atoms with Crippen molar-refractivity contribution in [1.29, 1.82) is 0 Å². The first kappa shape index (κ1) is 17.1.